The van der Waals surface area contributed by atoms with Crippen molar-refractivity contribution in [3.05, 3.63) is 58.6 Å². The molecule has 1 aromatic carbocycles. The number of aryl methyl sites for hydroxylation is 3. The van der Waals surface area contributed by atoms with Crippen LogP contribution in [0.2, 0.25) is 0 Å². The molecule has 3 aromatic rings. The van der Waals surface area contributed by atoms with Gasteiger partial charge >= 0.3 is 6.18 Å². The minimum Gasteiger partial charge on any atom is -0.488 e. The van der Waals surface area contributed by atoms with Gasteiger partial charge in [-0.1, -0.05) is 17.3 Å². The van der Waals surface area contributed by atoms with Gasteiger partial charge in [-0.25, -0.2) is 4.68 Å². The first-order chi connectivity index (χ1) is 14.7. The summed E-state index contributed by atoms with van der Waals surface area (Å²) in [4.78, 5) is 14.5. The Hall–Kier alpha value is -3.30. The normalized spacial score (nSPS) is 16.3. The molecule has 0 saturated heterocycles. The van der Waals surface area contributed by atoms with Gasteiger partial charge in [-0.3, -0.25) is 9.69 Å². The molecule has 4 rings (SSSR count). The summed E-state index contributed by atoms with van der Waals surface area (Å²) in [7, 11) is 0. The van der Waals surface area contributed by atoms with Gasteiger partial charge in [-0.2, -0.15) is 18.3 Å². The van der Waals surface area contributed by atoms with Crippen molar-refractivity contribution in [2.24, 2.45) is 0 Å². The van der Waals surface area contributed by atoms with Crippen LogP contribution in [0.25, 0.3) is 0 Å². The number of alkyl halides is 3. The molecule has 0 N–H and O–H groups in total. The smallest absolute Gasteiger partial charge is 0.410 e. The average molecular weight is 434 g/mol. The number of fused-ring (bicyclic) bond motifs is 1. The van der Waals surface area contributed by atoms with Crippen LogP contribution in [-0.2, 0) is 6.61 Å². The molecule has 0 spiro atoms. The lowest BCUT2D eigenvalue weighted by Gasteiger charge is -2.33. The number of carbonyl (C=O) groups excluding carboxylic acids is 1. The van der Waals surface area contributed by atoms with Gasteiger partial charge in [0.05, 0.1) is 11.8 Å². The van der Waals surface area contributed by atoms with E-state index in [2.05, 4.69) is 10.3 Å². The number of hydrogen-bond acceptors (Lipinski definition) is 5. The molecule has 0 fully saturated rings. The lowest BCUT2D eigenvalue weighted by Crippen LogP contribution is -2.43. The summed E-state index contributed by atoms with van der Waals surface area (Å²) in [6.07, 6.45) is -3.50. The first-order valence-corrected chi connectivity index (χ1v) is 9.74. The fourth-order valence-corrected chi connectivity index (χ4v) is 3.63. The molecule has 0 aliphatic carbocycles. The van der Waals surface area contributed by atoms with Crippen LogP contribution in [0.3, 0.4) is 0 Å². The highest BCUT2D eigenvalue weighted by molar-refractivity contribution is 6.05. The topological polar surface area (TPSA) is 73.4 Å². The number of nitrogens with zero attached hydrogens (tertiary/aromatic N) is 4. The van der Waals surface area contributed by atoms with Gasteiger partial charge in [0.2, 0.25) is 0 Å². The van der Waals surface area contributed by atoms with Crippen LogP contribution in [0.5, 0.6) is 5.75 Å². The van der Waals surface area contributed by atoms with E-state index in [1.54, 1.807) is 6.92 Å². The molecule has 3 heterocycles. The summed E-state index contributed by atoms with van der Waals surface area (Å²) in [5.41, 5.74) is 2.43. The standard InChI is InChI=1S/C21H21F3N4O3/c1-12-4-5-13(2)16(10-12)30-11-15-14(3)31-26-19(15)20(29)27-9-7-17(21(22,23)24)28-18(27)6-8-25-28/h4-6,8,10,17H,7,9,11H2,1-3H3. The lowest BCUT2D eigenvalue weighted by atomic mass is 10.1. The molecule has 1 aliphatic rings. The largest absolute Gasteiger partial charge is 0.488 e. The second kappa shape index (κ2) is 7.75. The van der Waals surface area contributed by atoms with Crippen molar-refractivity contribution in [3.63, 3.8) is 0 Å². The van der Waals surface area contributed by atoms with Crippen LogP contribution < -0.4 is 9.64 Å². The molecule has 1 unspecified atom stereocenters. The third kappa shape index (κ3) is 3.89. The van der Waals surface area contributed by atoms with E-state index in [0.29, 0.717) is 17.1 Å². The van der Waals surface area contributed by atoms with Crippen molar-refractivity contribution in [3.8, 4) is 5.75 Å². The fourth-order valence-electron chi connectivity index (χ4n) is 3.63. The highest BCUT2D eigenvalue weighted by Crippen LogP contribution is 2.39. The summed E-state index contributed by atoms with van der Waals surface area (Å²) in [5.74, 6) is 0.592. The van der Waals surface area contributed by atoms with Crippen molar-refractivity contribution in [1.29, 1.82) is 0 Å². The van der Waals surface area contributed by atoms with Crippen molar-refractivity contribution >= 4 is 11.7 Å². The number of hydrogen-bond donors (Lipinski definition) is 0. The highest BCUT2D eigenvalue weighted by Gasteiger charge is 2.46. The van der Waals surface area contributed by atoms with E-state index in [1.807, 2.05) is 32.0 Å². The molecule has 31 heavy (non-hydrogen) atoms. The molecule has 10 heteroatoms. The Morgan fingerprint density at radius 1 is 1.26 bits per heavy atom. The number of benzene rings is 1. The van der Waals surface area contributed by atoms with Gasteiger partial charge in [-0.05, 0) is 44.4 Å². The third-order valence-electron chi connectivity index (χ3n) is 5.37. The molecule has 0 bridgehead atoms. The fraction of sp³-hybridized carbons (Fsp3) is 0.381. The van der Waals surface area contributed by atoms with E-state index in [0.717, 1.165) is 15.8 Å². The molecule has 0 saturated carbocycles. The Labute approximate surface area is 176 Å². The molecule has 1 aliphatic heterocycles. The second-order valence-corrected chi connectivity index (χ2v) is 7.56. The third-order valence-corrected chi connectivity index (χ3v) is 5.37. The van der Waals surface area contributed by atoms with E-state index in [9.17, 15) is 18.0 Å². The van der Waals surface area contributed by atoms with Crippen LogP contribution >= 0.6 is 0 Å². The zero-order valence-electron chi connectivity index (χ0n) is 17.2. The van der Waals surface area contributed by atoms with Crippen LogP contribution in [0, 0.1) is 20.8 Å². The number of amides is 1. The summed E-state index contributed by atoms with van der Waals surface area (Å²) >= 11 is 0. The Kier molecular flexibility index (Phi) is 5.24. The van der Waals surface area contributed by atoms with Crippen molar-refractivity contribution in [2.75, 3.05) is 11.4 Å². The van der Waals surface area contributed by atoms with Crippen LogP contribution in [-0.4, -0.2) is 33.6 Å². The zero-order chi connectivity index (χ0) is 22.3. The molecule has 0 radical (unpaired) electrons. The quantitative estimate of drug-likeness (QED) is 0.603. The number of carbonyl (C=O) groups is 1. The maximum atomic E-state index is 13.3. The van der Waals surface area contributed by atoms with E-state index < -0.39 is 18.1 Å². The zero-order valence-corrected chi connectivity index (χ0v) is 17.2. The van der Waals surface area contributed by atoms with Gasteiger partial charge in [0.25, 0.3) is 5.91 Å². The molecule has 164 valence electrons. The minimum absolute atomic E-state index is 0.0148. The monoisotopic (exact) mass is 434 g/mol. The predicted octanol–water partition coefficient (Wildman–Crippen LogP) is 4.53. The Morgan fingerprint density at radius 3 is 2.77 bits per heavy atom. The van der Waals surface area contributed by atoms with Crippen molar-refractivity contribution in [2.45, 2.75) is 46.0 Å². The number of rotatable bonds is 4. The van der Waals surface area contributed by atoms with Crippen LogP contribution in [0.15, 0.2) is 35.0 Å². The van der Waals surface area contributed by atoms with Crippen LogP contribution in [0.1, 0.15) is 45.4 Å². The van der Waals surface area contributed by atoms with E-state index >= 15 is 0 Å². The summed E-state index contributed by atoms with van der Waals surface area (Å²) in [6.45, 7) is 5.44. The van der Waals surface area contributed by atoms with Gasteiger partial charge in [0.1, 0.15) is 23.9 Å². The molecule has 1 amide bonds. The maximum Gasteiger partial charge on any atom is 0.410 e. The first-order valence-electron chi connectivity index (χ1n) is 9.74. The first kappa shape index (κ1) is 21.0. The molecule has 1 atom stereocenters. The average Bonchev–Trinajstić information content (AvgIpc) is 3.33. The molecular weight excluding hydrogens is 413 g/mol. The second-order valence-electron chi connectivity index (χ2n) is 7.56. The SMILES string of the molecule is Cc1ccc(C)c(OCc2c(C(=O)N3CCC(C(F)(F)F)n4nccc43)noc2C)c1. The Balaban J connectivity index is 1.60. The number of halogens is 3. The lowest BCUT2D eigenvalue weighted by molar-refractivity contribution is -0.172. The van der Waals surface area contributed by atoms with Gasteiger partial charge in [0, 0.05) is 12.6 Å². The van der Waals surface area contributed by atoms with E-state index in [-0.39, 0.29) is 31.1 Å². The highest BCUT2D eigenvalue weighted by atomic mass is 19.4. The molecule has 2 aromatic heterocycles. The van der Waals surface area contributed by atoms with Gasteiger partial charge < -0.3 is 9.26 Å². The Bertz CT molecular complexity index is 1120. The number of ether oxygens (including phenoxy) is 1. The summed E-state index contributed by atoms with van der Waals surface area (Å²) < 4.78 is 51.9. The van der Waals surface area contributed by atoms with E-state index in [1.165, 1.54) is 17.2 Å². The molecular formula is C21H21F3N4O3. The van der Waals surface area contributed by atoms with Crippen molar-refractivity contribution in [1.82, 2.24) is 14.9 Å². The summed E-state index contributed by atoms with van der Waals surface area (Å²) in [5, 5.41) is 7.66. The summed E-state index contributed by atoms with van der Waals surface area (Å²) in [6, 6.07) is 5.40. The van der Waals surface area contributed by atoms with Crippen molar-refractivity contribution < 1.29 is 27.2 Å². The Morgan fingerprint density at radius 2 is 2.03 bits per heavy atom. The van der Waals surface area contributed by atoms with Gasteiger partial charge in [-0.15, -0.1) is 0 Å². The van der Waals surface area contributed by atoms with Crippen LogP contribution in [0.4, 0.5) is 19.0 Å². The number of aromatic nitrogens is 3. The van der Waals surface area contributed by atoms with Gasteiger partial charge in [0.15, 0.2) is 11.7 Å². The minimum atomic E-state index is -4.45. The number of anilines is 1. The van der Waals surface area contributed by atoms with E-state index in [4.69, 9.17) is 9.26 Å². The maximum absolute atomic E-state index is 13.3. The predicted molar refractivity (Wildman–Crippen MR) is 105 cm³/mol. The molecule has 7 nitrogen and oxygen atoms in total.